The topological polar surface area (TPSA) is 111 Å². The molecule has 2 aliphatic rings. The fourth-order valence-corrected chi connectivity index (χ4v) is 4.32. The van der Waals surface area contributed by atoms with Crippen molar-refractivity contribution in [2.24, 2.45) is 5.73 Å². The molecule has 0 radical (unpaired) electrons. The second-order valence-electron chi connectivity index (χ2n) is 8.27. The number of aromatic nitrogens is 2. The first-order chi connectivity index (χ1) is 13.4. The van der Waals surface area contributed by atoms with Crippen LogP contribution in [0.1, 0.15) is 68.6 Å². The minimum atomic E-state index is -0.528. The number of hydrogen-bond donors (Lipinski definition) is 3. The molecule has 1 heterocycles. The van der Waals surface area contributed by atoms with Gasteiger partial charge in [-0.2, -0.15) is 4.98 Å². The molecule has 0 unspecified atom stereocenters. The van der Waals surface area contributed by atoms with Gasteiger partial charge in [0.2, 0.25) is 5.95 Å². The van der Waals surface area contributed by atoms with E-state index in [0.29, 0.717) is 29.5 Å². The smallest absolute Gasteiger partial charge is 0.254 e. The summed E-state index contributed by atoms with van der Waals surface area (Å²) in [6.07, 6.45) is 9.88. The molecular weight excluding hydrogens is 358 g/mol. The molecule has 2 fully saturated rings. The van der Waals surface area contributed by atoms with E-state index in [1.54, 1.807) is 14.2 Å². The molecular formula is C20H33N5O3. The van der Waals surface area contributed by atoms with Crippen molar-refractivity contribution in [1.82, 2.24) is 9.97 Å². The van der Waals surface area contributed by atoms with Crippen LogP contribution in [0.25, 0.3) is 0 Å². The minimum absolute atomic E-state index is 0.156. The highest BCUT2D eigenvalue weighted by atomic mass is 16.5. The maximum Gasteiger partial charge on any atom is 0.254 e. The van der Waals surface area contributed by atoms with Gasteiger partial charge in [0.1, 0.15) is 5.82 Å². The maximum absolute atomic E-state index is 11.9. The number of nitrogens with zero attached hydrogens (tertiary/aromatic N) is 2. The van der Waals surface area contributed by atoms with Crippen LogP contribution in [-0.4, -0.2) is 53.9 Å². The number of amides is 1. The number of nitrogens with one attached hydrogen (secondary N) is 2. The van der Waals surface area contributed by atoms with Crippen molar-refractivity contribution in [2.45, 2.75) is 82.1 Å². The van der Waals surface area contributed by atoms with Gasteiger partial charge in [-0.15, -0.1) is 0 Å². The SMILES string of the molecule is COC1CCC(Nc2ncc(C(N)=O)c(N[C@@H]3CCC[C@](C)(OC)C3)n2)CC1. The second kappa shape index (κ2) is 9.05. The van der Waals surface area contributed by atoms with E-state index in [9.17, 15) is 4.79 Å². The molecule has 3 rings (SSSR count). The largest absolute Gasteiger partial charge is 0.381 e. The molecule has 0 bridgehead atoms. The molecule has 8 nitrogen and oxygen atoms in total. The van der Waals surface area contributed by atoms with E-state index in [0.717, 1.165) is 51.4 Å². The van der Waals surface area contributed by atoms with Gasteiger partial charge in [-0.25, -0.2) is 4.98 Å². The van der Waals surface area contributed by atoms with Gasteiger partial charge in [0.05, 0.1) is 17.3 Å². The zero-order chi connectivity index (χ0) is 20.1. The lowest BCUT2D eigenvalue weighted by Gasteiger charge is -2.37. The molecule has 2 atom stereocenters. The normalized spacial score (nSPS) is 30.6. The van der Waals surface area contributed by atoms with E-state index in [-0.39, 0.29) is 11.6 Å². The van der Waals surface area contributed by atoms with E-state index >= 15 is 0 Å². The van der Waals surface area contributed by atoms with Crippen LogP contribution in [0.3, 0.4) is 0 Å². The Morgan fingerprint density at radius 2 is 1.93 bits per heavy atom. The first-order valence-corrected chi connectivity index (χ1v) is 10.2. The Morgan fingerprint density at radius 1 is 1.18 bits per heavy atom. The Bertz CT molecular complexity index is 678. The van der Waals surface area contributed by atoms with Crippen molar-refractivity contribution in [2.75, 3.05) is 24.9 Å². The molecule has 4 N–H and O–H groups in total. The fraction of sp³-hybridized carbons (Fsp3) is 0.750. The van der Waals surface area contributed by atoms with Crippen molar-refractivity contribution in [3.8, 4) is 0 Å². The van der Waals surface area contributed by atoms with Crippen molar-refractivity contribution in [3.63, 3.8) is 0 Å². The van der Waals surface area contributed by atoms with Crippen molar-refractivity contribution in [1.29, 1.82) is 0 Å². The highest BCUT2D eigenvalue weighted by molar-refractivity contribution is 5.97. The monoisotopic (exact) mass is 391 g/mol. The lowest BCUT2D eigenvalue weighted by Crippen LogP contribution is -2.40. The summed E-state index contributed by atoms with van der Waals surface area (Å²) in [4.78, 5) is 20.8. The third-order valence-electron chi connectivity index (χ3n) is 6.17. The predicted octanol–water partition coefficient (Wildman–Crippen LogP) is 2.70. The Labute approximate surface area is 167 Å². The van der Waals surface area contributed by atoms with Crippen LogP contribution >= 0.6 is 0 Å². The summed E-state index contributed by atoms with van der Waals surface area (Å²) < 4.78 is 11.1. The molecule has 0 aromatic carbocycles. The number of ether oxygens (including phenoxy) is 2. The van der Waals surface area contributed by atoms with Crippen molar-refractivity contribution in [3.05, 3.63) is 11.8 Å². The number of carbonyl (C=O) groups excluding carboxylic acids is 1. The Morgan fingerprint density at radius 3 is 2.57 bits per heavy atom. The molecule has 8 heteroatoms. The first-order valence-electron chi connectivity index (χ1n) is 10.2. The standard InChI is InChI=1S/C20H33N5O3/c1-20(28-3)10-4-5-14(11-20)23-18-16(17(21)26)12-22-19(25-18)24-13-6-8-15(27-2)9-7-13/h12-15H,4-11H2,1-3H3,(H2,21,26)(H2,22,23,24,25)/t13?,14-,15?,20+/m1/s1. The summed E-state index contributed by atoms with van der Waals surface area (Å²) in [6, 6.07) is 0.488. The van der Waals surface area contributed by atoms with Crippen LogP contribution in [0.2, 0.25) is 0 Å². The second-order valence-corrected chi connectivity index (χ2v) is 8.27. The van der Waals surface area contributed by atoms with Gasteiger partial charge >= 0.3 is 0 Å². The van der Waals surface area contributed by atoms with Gasteiger partial charge < -0.3 is 25.8 Å². The van der Waals surface area contributed by atoms with Gasteiger partial charge in [-0.05, 0) is 58.3 Å². The third-order valence-corrected chi connectivity index (χ3v) is 6.17. The summed E-state index contributed by atoms with van der Waals surface area (Å²) >= 11 is 0. The highest BCUT2D eigenvalue weighted by Crippen LogP contribution is 2.33. The average molecular weight is 392 g/mol. The lowest BCUT2D eigenvalue weighted by atomic mass is 9.83. The number of carbonyl (C=O) groups is 1. The summed E-state index contributed by atoms with van der Waals surface area (Å²) in [7, 11) is 3.52. The van der Waals surface area contributed by atoms with E-state index in [1.807, 2.05) is 0 Å². The molecule has 0 spiro atoms. The van der Waals surface area contributed by atoms with Crippen LogP contribution < -0.4 is 16.4 Å². The quantitative estimate of drug-likeness (QED) is 0.655. The molecule has 2 aliphatic carbocycles. The van der Waals surface area contributed by atoms with E-state index in [4.69, 9.17) is 15.2 Å². The van der Waals surface area contributed by atoms with Gasteiger partial charge in [0, 0.05) is 32.5 Å². The van der Waals surface area contributed by atoms with Crippen LogP contribution in [0.4, 0.5) is 11.8 Å². The van der Waals surface area contributed by atoms with Gasteiger partial charge in [-0.1, -0.05) is 0 Å². The van der Waals surface area contributed by atoms with Crippen LogP contribution in [0.5, 0.6) is 0 Å². The molecule has 0 saturated heterocycles. The summed E-state index contributed by atoms with van der Waals surface area (Å²) in [6.45, 7) is 2.12. The zero-order valence-electron chi connectivity index (χ0n) is 17.2. The third kappa shape index (κ3) is 5.11. The van der Waals surface area contributed by atoms with Crippen LogP contribution in [-0.2, 0) is 9.47 Å². The maximum atomic E-state index is 11.9. The average Bonchev–Trinajstić information content (AvgIpc) is 2.68. The summed E-state index contributed by atoms with van der Waals surface area (Å²) in [5.41, 5.74) is 5.71. The van der Waals surface area contributed by atoms with E-state index < -0.39 is 5.91 Å². The summed E-state index contributed by atoms with van der Waals surface area (Å²) in [5, 5.41) is 6.82. The Kier molecular flexibility index (Phi) is 6.72. The summed E-state index contributed by atoms with van der Waals surface area (Å²) in [5.74, 6) is 0.500. The number of anilines is 2. The van der Waals surface area contributed by atoms with Gasteiger partial charge in [0.15, 0.2) is 0 Å². The molecule has 1 aromatic heterocycles. The number of nitrogens with two attached hydrogens (primary N) is 1. The van der Waals surface area contributed by atoms with Gasteiger partial charge in [0.25, 0.3) is 5.91 Å². The van der Waals surface area contributed by atoms with E-state index in [1.165, 1.54) is 6.20 Å². The molecule has 156 valence electrons. The van der Waals surface area contributed by atoms with Crippen LogP contribution in [0.15, 0.2) is 6.20 Å². The molecule has 28 heavy (non-hydrogen) atoms. The number of methoxy groups -OCH3 is 2. The molecule has 1 amide bonds. The highest BCUT2D eigenvalue weighted by Gasteiger charge is 2.33. The predicted molar refractivity (Wildman–Crippen MR) is 109 cm³/mol. The first kappa shape index (κ1) is 20.8. The minimum Gasteiger partial charge on any atom is -0.381 e. The lowest BCUT2D eigenvalue weighted by molar-refractivity contribution is -0.0264. The van der Waals surface area contributed by atoms with Crippen molar-refractivity contribution >= 4 is 17.7 Å². The Balaban J connectivity index is 1.70. The molecule has 1 aromatic rings. The zero-order valence-corrected chi connectivity index (χ0v) is 17.2. The van der Waals surface area contributed by atoms with Crippen LogP contribution in [0, 0.1) is 0 Å². The number of rotatable bonds is 7. The van der Waals surface area contributed by atoms with E-state index in [2.05, 4.69) is 27.5 Å². The number of primary amides is 1. The molecule has 0 aliphatic heterocycles. The Hall–Kier alpha value is -1.93. The van der Waals surface area contributed by atoms with Crippen molar-refractivity contribution < 1.29 is 14.3 Å². The fourth-order valence-electron chi connectivity index (χ4n) is 4.32. The molecule has 2 saturated carbocycles. The van der Waals surface area contributed by atoms with Gasteiger partial charge in [-0.3, -0.25) is 4.79 Å². The number of hydrogen-bond acceptors (Lipinski definition) is 7.